The first-order valence-corrected chi connectivity index (χ1v) is 7.47. The minimum atomic E-state index is -0.764. The Hall–Kier alpha value is -1.75. The van der Waals surface area contributed by atoms with Crippen molar-refractivity contribution in [3.05, 3.63) is 29.3 Å². The Morgan fingerprint density at radius 1 is 1.19 bits per heavy atom. The van der Waals surface area contributed by atoms with Crippen molar-refractivity contribution in [2.24, 2.45) is 11.8 Å². The molecule has 2 amide bonds. The SMILES string of the molecule is O=C(NCC1CCCCC1C(=O)O)Nc1ccc(Cl)cc1. The van der Waals surface area contributed by atoms with E-state index >= 15 is 0 Å². The Bertz CT molecular complexity index is 504. The van der Waals surface area contributed by atoms with Crippen LogP contribution in [-0.2, 0) is 4.79 Å². The quantitative estimate of drug-likeness (QED) is 0.798. The summed E-state index contributed by atoms with van der Waals surface area (Å²) in [6.45, 7) is 0.385. The zero-order valence-electron chi connectivity index (χ0n) is 11.6. The van der Waals surface area contributed by atoms with E-state index in [0.29, 0.717) is 23.7 Å². The van der Waals surface area contributed by atoms with Gasteiger partial charge in [0.15, 0.2) is 0 Å². The van der Waals surface area contributed by atoms with Crippen molar-refractivity contribution in [1.82, 2.24) is 5.32 Å². The number of hydrogen-bond acceptors (Lipinski definition) is 2. The average molecular weight is 311 g/mol. The van der Waals surface area contributed by atoms with Gasteiger partial charge >= 0.3 is 12.0 Å². The highest BCUT2D eigenvalue weighted by molar-refractivity contribution is 6.30. The number of amides is 2. The van der Waals surface area contributed by atoms with Crippen molar-refractivity contribution in [2.75, 3.05) is 11.9 Å². The van der Waals surface area contributed by atoms with Gasteiger partial charge in [-0.3, -0.25) is 4.79 Å². The molecule has 114 valence electrons. The lowest BCUT2D eigenvalue weighted by Crippen LogP contribution is -2.38. The van der Waals surface area contributed by atoms with Crippen molar-refractivity contribution >= 4 is 29.3 Å². The second-order valence-corrected chi connectivity index (χ2v) is 5.77. The van der Waals surface area contributed by atoms with Gasteiger partial charge in [0.05, 0.1) is 5.92 Å². The van der Waals surface area contributed by atoms with Gasteiger partial charge in [-0.25, -0.2) is 4.79 Å². The summed E-state index contributed by atoms with van der Waals surface area (Å²) in [6.07, 6.45) is 3.51. The van der Waals surface area contributed by atoms with Crippen molar-refractivity contribution in [1.29, 1.82) is 0 Å². The van der Waals surface area contributed by atoms with Gasteiger partial charge in [-0.2, -0.15) is 0 Å². The van der Waals surface area contributed by atoms with E-state index in [1.807, 2.05) is 0 Å². The fourth-order valence-electron chi connectivity index (χ4n) is 2.71. The fourth-order valence-corrected chi connectivity index (χ4v) is 2.84. The molecule has 0 saturated heterocycles. The van der Waals surface area contributed by atoms with Gasteiger partial charge in [-0.15, -0.1) is 0 Å². The van der Waals surface area contributed by atoms with E-state index in [4.69, 9.17) is 11.6 Å². The van der Waals surface area contributed by atoms with Crippen molar-refractivity contribution in [3.8, 4) is 0 Å². The fraction of sp³-hybridized carbons (Fsp3) is 0.467. The van der Waals surface area contributed by atoms with Gasteiger partial charge in [0, 0.05) is 17.3 Å². The molecule has 0 aliphatic heterocycles. The standard InChI is InChI=1S/C15H19ClN2O3/c16-11-5-7-12(8-6-11)18-15(21)17-9-10-3-1-2-4-13(10)14(19)20/h5-8,10,13H,1-4,9H2,(H,19,20)(H2,17,18,21). The van der Waals surface area contributed by atoms with Gasteiger partial charge < -0.3 is 15.7 Å². The number of nitrogens with one attached hydrogen (secondary N) is 2. The maximum Gasteiger partial charge on any atom is 0.319 e. The lowest BCUT2D eigenvalue weighted by Gasteiger charge is -2.28. The highest BCUT2D eigenvalue weighted by Gasteiger charge is 2.30. The Morgan fingerprint density at radius 3 is 2.52 bits per heavy atom. The highest BCUT2D eigenvalue weighted by atomic mass is 35.5. The molecule has 1 aliphatic carbocycles. The summed E-state index contributed by atoms with van der Waals surface area (Å²) in [5.41, 5.74) is 0.648. The number of hydrogen-bond donors (Lipinski definition) is 3. The lowest BCUT2D eigenvalue weighted by molar-refractivity contribution is -0.144. The van der Waals surface area contributed by atoms with Crippen LogP contribution < -0.4 is 10.6 Å². The average Bonchev–Trinajstić information content (AvgIpc) is 2.48. The smallest absolute Gasteiger partial charge is 0.319 e. The van der Waals surface area contributed by atoms with Gasteiger partial charge in [0.25, 0.3) is 0 Å². The molecule has 1 aliphatic rings. The van der Waals surface area contributed by atoms with Crippen LogP contribution in [0.25, 0.3) is 0 Å². The van der Waals surface area contributed by atoms with Gasteiger partial charge in [0.1, 0.15) is 0 Å². The maximum atomic E-state index is 11.8. The van der Waals surface area contributed by atoms with Crippen molar-refractivity contribution in [2.45, 2.75) is 25.7 Å². The monoisotopic (exact) mass is 310 g/mol. The molecule has 21 heavy (non-hydrogen) atoms. The van der Waals surface area contributed by atoms with Gasteiger partial charge in [-0.1, -0.05) is 24.4 Å². The van der Waals surface area contributed by atoms with Crippen LogP contribution >= 0.6 is 11.6 Å². The summed E-state index contributed by atoms with van der Waals surface area (Å²) in [4.78, 5) is 23.0. The highest BCUT2D eigenvalue weighted by Crippen LogP contribution is 2.29. The van der Waals surface area contributed by atoms with Crippen LogP contribution in [0.4, 0.5) is 10.5 Å². The van der Waals surface area contributed by atoms with Crippen molar-refractivity contribution in [3.63, 3.8) is 0 Å². The molecule has 1 aromatic rings. The first-order chi connectivity index (χ1) is 10.1. The second-order valence-electron chi connectivity index (χ2n) is 5.33. The zero-order chi connectivity index (χ0) is 15.2. The van der Waals surface area contributed by atoms with Crippen LogP contribution in [0.3, 0.4) is 0 Å². The molecular formula is C15H19ClN2O3. The summed E-state index contributed by atoms with van der Waals surface area (Å²) >= 11 is 5.77. The normalized spacial score (nSPS) is 21.6. The third-order valence-electron chi connectivity index (χ3n) is 3.85. The van der Waals surface area contributed by atoms with Gasteiger partial charge in [0.2, 0.25) is 0 Å². The van der Waals surface area contributed by atoms with Crippen molar-refractivity contribution < 1.29 is 14.7 Å². The molecule has 0 heterocycles. The summed E-state index contributed by atoms with van der Waals surface area (Å²) < 4.78 is 0. The molecule has 0 radical (unpaired) electrons. The molecule has 5 nitrogen and oxygen atoms in total. The lowest BCUT2D eigenvalue weighted by atomic mass is 9.79. The summed E-state index contributed by atoms with van der Waals surface area (Å²) in [5, 5.41) is 15.2. The number of carbonyl (C=O) groups is 2. The minimum absolute atomic E-state index is 0.00668. The molecule has 0 spiro atoms. The molecule has 2 atom stereocenters. The molecule has 3 N–H and O–H groups in total. The van der Waals surface area contributed by atoms with E-state index in [9.17, 15) is 14.7 Å². The van der Waals surface area contributed by atoms with Crippen LogP contribution in [0.5, 0.6) is 0 Å². The topological polar surface area (TPSA) is 78.4 Å². The second kappa shape index (κ2) is 7.31. The number of rotatable bonds is 4. The number of anilines is 1. The zero-order valence-corrected chi connectivity index (χ0v) is 12.4. The van der Waals surface area contributed by atoms with E-state index in [1.165, 1.54) is 0 Å². The minimum Gasteiger partial charge on any atom is -0.481 e. The molecule has 2 rings (SSSR count). The number of urea groups is 1. The number of halogens is 1. The first kappa shape index (κ1) is 15.6. The van der Waals surface area contributed by atoms with Crippen LogP contribution in [0.1, 0.15) is 25.7 Å². The van der Waals surface area contributed by atoms with E-state index in [-0.39, 0.29) is 17.9 Å². The third-order valence-corrected chi connectivity index (χ3v) is 4.11. The van der Waals surface area contributed by atoms with E-state index in [2.05, 4.69) is 10.6 Å². The number of aliphatic carboxylic acids is 1. The van der Waals surface area contributed by atoms with E-state index in [0.717, 1.165) is 19.3 Å². The molecule has 1 fully saturated rings. The maximum absolute atomic E-state index is 11.8. The number of benzene rings is 1. The molecule has 1 aromatic carbocycles. The van der Waals surface area contributed by atoms with Crippen LogP contribution in [-0.4, -0.2) is 23.7 Å². The Morgan fingerprint density at radius 2 is 1.86 bits per heavy atom. The summed E-state index contributed by atoms with van der Waals surface area (Å²) in [6, 6.07) is 6.48. The predicted molar refractivity (Wildman–Crippen MR) is 81.6 cm³/mol. The van der Waals surface area contributed by atoms with Crippen LogP contribution in [0, 0.1) is 11.8 Å². The number of carboxylic acid groups (broad SMARTS) is 1. The largest absolute Gasteiger partial charge is 0.481 e. The summed E-state index contributed by atoms with van der Waals surface area (Å²) in [7, 11) is 0. The first-order valence-electron chi connectivity index (χ1n) is 7.09. The predicted octanol–water partition coefficient (Wildman–Crippen LogP) is 3.35. The Balaban J connectivity index is 1.82. The number of carbonyl (C=O) groups excluding carboxylic acids is 1. The van der Waals surface area contributed by atoms with Gasteiger partial charge in [-0.05, 0) is 43.0 Å². The Kier molecular flexibility index (Phi) is 5.44. The van der Waals surface area contributed by atoms with Crippen LogP contribution in [0.2, 0.25) is 5.02 Å². The van der Waals surface area contributed by atoms with Crippen LogP contribution in [0.15, 0.2) is 24.3 Å². The molecule has 6 heteroatoms. The molecule has 0 bridgehead atoms. The third kappa shape index (κ3) is 4.63. The molecule has 1 saturated carbocycles. The summed E-state index contributed by atoms with van der Waals surface area (Å²) in [5.74, 6) is -1.11. The van der Waals surface area contributed by atoms with E-state index < -0.39 is 5.97 Å². The molecule has 0 aromatic heterocycles. The molecular weight excluding hydrogens is 292 g/mol. The number of carboxylic acids is 1. The Labute approximate surface area is 128 Å². The molecule has 2 unspecified atom stereocenters. The van der Waals surface area contributed by atoms with E-state index in [1.54, 1.807) is 24.3 Å².